The van der Waals surface area contributed by atoms with Gasteiger partial charge in [0.15, 0.2) is 0 Å². The summed E-state index contributed by atoms with van der Waals surface area (Å²) in [6.45, 7) is -0.0268. The lowest BCUT2D eigenvalue weighted by Gasteiger charge is -2.14. The average molecular weight is 453 g/mol. The summed E-state index contributed by atoms with van der Waals surface area (Å²) in [5, 5.41) is 24.0. The average Bonchev–Trinajstić information content (AvgIpc) is 2.85. The Kier molecular flexibility index (Phi) is 10.4. The van der Waals surface area contributed by atoms with Gasteiger partial charge in [0, 0.05) is 18.4 Å². The van der Waals surface area contributed by atoms with Crippen LogP contribution in [0.25, 0.3) is 0 Å². The second-order valence-electron chi connectivity index (χ2n) is 6.65. The van der Waals surface area contributed by atoms with E-state index in [9.17, 15) is 9.59 Å². The highest BCUT2D eigenvalue weighted by atomic mass is 16.7. The maximum absolute atomic E-state index is 11.6. The van der Waals surface area contributed by atoms with Crippen molar-refractivity contribution in [3.63, 3.8) is 0 Å². The van der Waals surface area contributed by atoms with Gasteiger partial charge in [-0.1, -0.05) is 42.5 Å². The van der Waals surface area contributed by atoms with E-state index in [0.717, 1.165) is 16.2 Å². The highest BCUT2D eigenvalue weighted by Crippen LogP contribution is 2.13. The molecule has 0 saturated carbocycles. The first-order valence-corrected chi connectivity index (χ1v) is 9.97. The van der Waals surface area contributed by atoms with E-state index in [4.69, 9.17) is 19.8 Å². The zero-order valence-corrected chi connectivity index (χ0v) is 18.4. The summed E-state index contributed by atoms with van der Waals surface area (Å²) in [4.78, 5) is 27.6. The summed E-state index contributed by atoms with van der Waals surface area (Å²) >= 11 is 0. The lowest BCUT2D eigenvalue weighted by atomic mass is 10.2. The number of ether oxygens (including phenoxy) is 1. The van der Waals surface area contributed by atoms with Gasteiger partial charge in [-0.05, 0) is 47.5 Å². The number of aliphatic hydroxyl groups excluding tert-OH is 2. The van der Waals surface area contributed by atoms with Crippen molar-refractivity contribution in [2.45, 2.75) is 13.2 Å². The van der Waals surface area contributed by atoms with Gasteiger partial charge < -0.3 is 20.3 Å². The van der Waals surface area contributed by atoms with Crippen molar-refractivity contribution in [2.75, 3.05) is 24.8 Å². The summed E-state index contributed by atoms with van der Waals surface area (Å²) in [6.07, 6.45) is -0.544. The maximum atomic E-state index is 11.6. The van der Waals surface area contributed by atoms with Gasteiger partial charge in [-0.2, -0.15) is 0 Å². The molecule has 9 nitrogen and oxygen atoms in total. The molecule has 3 amide bonds. The third-order valence-corrected chi connectivity index (χ3v) is 4.28. The number of para-hydroxylation sites is 1. The van der Waals surface area contributed by atoms with Gasteiger partial charge >= 0.3 is 12.1 Å². The fourth-order valence-corrected chi connectivity index (χ4v) is 2.41. The molecule has 0 unspecified atom stereocenters. The van der Waals surface area contributed by atoms with E-state index < -0.39 is 6.09 Å². The number of nitrogens with zero attached hydrogens (tertiary/aromatic N) is 1. The summed E-state index contributed by atoms with van der Waals surface area (Å²) in [5.74, 6) is 0.488. The summed E-state index contributed by atoms with van der Waals surface area (Å²) < 4.78 is 5.08. The number of aliphatic hydroxyl groups is 2. The predicted molar refractivity (Wildman–Crippen MR) is 125 cm³/mol. The first kappa shape index (κ1) is 25.3. The minimum Gasteiger partial charge on any atom is -0.410 e. The van der Waals surface area contributed by atoms with Crippen molar-refractivity contribution in [2.24, 2.45) is 0 Å². The second kappa shape index (κ2) is 13.5. The van der Waals surface area contributed by atoms with Gasteiger partial charge in [0.2, 0.25) is 0 Å². The molecule has 0 atom stereocenters. The Hall–Kier alpha value is -3.92. The number of hydrogen-bond acceptors (Lipinski definition) is 6. The molecule has 0 spiro atoms. The van der Waals surface area contributed by atoms with Gasteiger partial charge in [-0.3, -0.25) is 10.2 Å². The van der Waals surface area contributed by atoms with Crippen molar-refractivity contribution < 1.29 is 29.4 Å². The van der Waals surface area contributed by atoms with Crippen molar-refractivity contribution in [3.05, 3.63) is 90.0 Å². The lowest BCUT2D eigenvalue weighted by molar-refractivity contribution is -0.0598. The molecule has 3 rings (SSSR count). The minimum atomic E-state index is -0.544. The molecule has 9 heteroatoms. The van der Waals surface area contributed by atoms with Crippen LogP contribution >= 0.6 is 0 Å². The molecule has 0 radical (unpaired) electrons. The number of carbonyl (C=O) groups excluding carboxylic acids is 2. The zero-order valence-electron chi connectivity index (χ0n) is 18.4. The number of hydroxylamine groups is 2. The largest absolute Gasteiger partial charge is 0.417 e. The molecule has 0 heterocycles. The Bertz CT molecular complexity index is 995. The van der Waals surface area contributed by atoms with E-state index in [-0.39, 0.29) is 19.2 Å². The van der Waals surface area contributed by atoms with Crippen LogP contribution in [-0.2, 0) is 18.1 Å². The summed E-state index contributed by atoms with van der Waals surface area (Å²) in [7, 11) is 2.92. The minimum absolute atomic E-state index is 0.00774. The molecular formula is C24H27N3O6. The van der Waals surface area contributed by atoms with Crippen LogP contribution in [0.1, 0.15) is 11.1 Å². The van der Waals surface area contributed by atoms with E-state index in [2.05, 4.69) is 10.6 Å². The normalized spacial score (nSPS) is 9.82. The van der Waals surface area contributed by atoms with E-state index in [1.807, 2.05) is 6.07 Å². The van der Waals surface area contributed by atoms with Crippen LogP contribution < -0.4 is 15.4 Å². The van der Waals surface area contributed by atoms with E-state index in [1.54, 1.807) is 72.8 Å². The highest BCUT2D eigenvalue weighted by molar-refractivity contribution is 5.88. The van der Waals surface area contributed by atoms with Crippen molar-refractivity contribution in [1.29, 1.82) is 0 Å². The molecule has 0 aliphatic rings. The van der Waals surface area contributed by atoms with Crippen LogP contribution in [0.5, 0.6) is 5.75 Å². The van der Waals surface area contributed by atoms with Gasteiger partial charge in [0.05, 0.1) is 20.3 Å². The number of nitrogens with one attached hydrogen (secondary N) is 2. The number of carbonyl (C=O) groups is 2. The van der Waals surface area contributed by atoms with Crippen molar-refractivity contribution >= 4 is 23.5 Å². The molecule has 174 valence electrons. The number of amides is 3. The number of rotatable bonds is 6. The SMILES string of the molecule is CON(C)C(=O)Nc1ccc(CO)cc1.O=C(Nc1ccc(CO)cc1)Oc1ccccc1. The molecule has 0 bridgehead atoms. The highest BCUT2D eigenvalue weighted by Gasteiger charge is 2.07. The zero-order chi connectivity index (χ0) is 24.1. The number of urea groups is 1. The monoisotopic (exact) mass is 453 g/mol. The Balaban J connectivity index is 0.000000238. The Morgan fingerprint density at radius 2 is 1.27 bits per heavy atom. The lowest BCUT2D eigenvalue weighted by Crippen LogP contribution is -2.30. The molecule has 3 aromatic rings. The molecule has 3 aromatic carbocycles. The van der Waals surface area contributed by atoms with E-state index in [1.165, 1.54) is 14.2 Å². The smallest absolute Gasteiger partial charge is 0.410 e. The van der Waals surface area contributed by atoms with Crippen molar-refractivity contribution in [1.82, 2.24) is 5.06 Å². The number of hydrogen-bond donors (Lipinski definition) is 4. The van der Waals surface area contributed by atoms with Gasteiger partial charge in [0.1, 0.15) is 5.75 Å². The number of benzene rings is 3. The third-order valence-electron chi connectivity index (χ3n) is 4.28. The summed E-state index contributed by atoms with van der Waals surface area (Å²) in [6, 6.07) is 22.3. The maximum Gasteiger partial charge on any atom is 0.417 e. The molecule has 0 saturated heterocycles. The summed E-state index contributed by atoms with van der Waals surface area (Å²) in [5.41, 5.74) is 2.86. The van der Waals surface area contributed by atoms with E-state index in [0.29, 0.717) is 17.1 Å². The molecular weight excluding hydrogens is 426 g/mol. The van der Waals surface area contributed by atoms with Crippen LogP contribution in [0.4, 0.5) is 21.0 Å². The third kappa shape index (κ3) is 8.99. The fourth-order valence-electron chi connectivity index (χ4n) is 2.41. The molecule has 0 aliphatic heterocycles. The topological polar surface area (TPSA) is 120 Å². The fraction of sp³-hybridized carbons (Fsp3) is 0.167. The molecule has 0 aromatic heterocycles. The van der Waals surface area contributed by atoms with Crippen LogP contribution in [0.2, 0.25) is 0 Å². The first-order valence-electron chi connectivity index (χ1n) is 9.97. The van der Waals surface area contributed by atoms with Crippen LogP contribution in [0.15, 0.2) is 78.9 Å². The molecule has 0 aliphatic carbocycles. The number of anilines is 2. The second-order valence-corrected chi connectivity index (χ2v) is 6.65. The van der Waals surface area contributed by atoms with Crippen LogP contribution in [0, 0.1) is 0 Å². The molecule has 0 fully saturated rings. The molecule has 4 N–H and O–H groups in total. The van der Waals surface area contributed by atoms with E-state index >= 15 is 0 Å². The Morgan fingerprint density at radius 3 is 1.73 bits per heavy atom. The Labute approximate surface area is 192 Å². The van der Waals surface area contributed by atoms with Gasteiger partial charge in [0.25, 0.3) is 0 Å². The van der Waals surface area contributed by atoms with Gasteiger partial charge in [-0.15, -0.1) is 0 Å². The predicted octanol–water partition coefficient (Wildman–Crippen LogP) is 3.99. The standard InChI is InChI=1S/C14H13NO3.C10H14N2O3/c16-10-11-6-8-12(9-7-11)15-14(17)18-13-4-2-1-3-5-13;1-12(15-2)10(14)11-9-5-3-8(7-13)4-6-9/h1-9,16H,10H2,(H,15,17);3-6,13H,7H2,1-2H3,(H,11,14). The van der Waals surface area contributed by atoms with Crippen LogP contribution in [0.3, 0.4) is 0 Å². The first-order chi connectivity index (χ1) is 15.9. The molecule has 33 heavy (non-hydrogen) atoms. The van der Waals surface area contributed by atoms with Crippen LogP contribution in [-0.4, -0.2) is 41.6 Å². The quantitative estimate of drug-likeness (QED) is 0.419. The Morgan fingerprint density at radius 1 is 0.788 bits per heavy atom. The van der Waals surface area contributed by atoms with Gasteiger partial charge in [-0.25, -0.2) is 14.7 Å². The van der Waals surface area contributed by atoms with Crippen molar-refractivity contribution in [3.8, 4) is 5.75 Å².